The van der Waals surface area contributed by atoms with Crippen molar-refractivity contribution in [3.05, 3.63) is 5.89 Å². The van der Waals surface area contributed by atoms with Gasteiger partial charge in [0.05, 0.1) is 6.54 Å². The highest BCUT2D eigenvalue weighted by Crippen LogP contribution is 2.12. The van der Waals surface area contributed by atoms with Gasteiger partial charge in [-0.05, 0) is 19.8 Å². The summed E-state index contributed by atoms with van der Waals surface area (Å²) in [5.74, 6) is 0.420. The minimum absolute atomic E-state index is 0.0648. The topological polar surface area (TPSA) is 97.3 Å². The molecule has 2 heterocycles. The average molecular weight is 239 g/mol. The van der Waals surface area contributed by atoms with E-state index in [2.05, 4.69) is 15.5 Å². The first-order valence-electron chi connectivity index (χ1n) is 5.78. The van der Waals surface area contributed by atoms with E-state index >= 15 is 0 Å². The molecule has 1 atom stereocenters. The van der Waals surface area contributed by atoms with Crippen molar-refractivity contribution in [3.63, 3.8) is 0 Å². The second kappa shape index (κ2) is 5.13. The Hall–Kier alpha value is -1.63. The minimum Gasteiger partial charge on any atom is -0.407 e. The molecule has 0 saturated carbocycles. The van der Waals surface area contributed by atoms with Gasteiger partial charge in [0.15, 0.2) is 0 Å². The number of anilines is 1. The molecule has 0 aromatic carbocycles. The van der Waals surface area contributed by atoms with Gasteiger partial charge < -0.3 is 20.4 Å². The number of carbonyl (C=O) groups is 1. The summed E-state index contributed by atoms with van der Waals surface area (Å²) in [6.07, 6.45) is 2.16. The lowest BCUT2D eigenvalue weighted by molar-refractivity contribution is -0.130. The maximum Gasteiger partial charge on any atom is 0.316 e. The molecule has 0 aliphatic carbocycles. The van der Waals surface area contributed by atoms with E-state index in [1.807, 2.05) is 4.90 Å². The van der Waals surface area contributed by atoms with Crippen LogP contribution in [0, 0.1) is 0 Å². The number of nitrogens with two attached hydrogens (primary N) is 1. The molecule has 7 heteroatoms. The molecule has 17 heavy (non-hydrogen) atoms. The van der Waals surface area contributed by atoms with Gasteiger partial charge in [0.25, 0.3) is 0 Å². The summed E-state index contributed by atoms with van der Waals surface area (Å²) >= 11 is 0. The molecule has 1 fully saturated rings. The highest BCUT2D eigenvalue weighted by molar-refractivity contribution is 5.83. The van der Waals surface area contributed by atoms with Crippen molar-refractivity contribution < 1.29 is 9.21 Å². The van der Waals surface area contributed by atoms with E-state index in [0.717, 1.165) is 25.9 Å². The first-order chi connectivity index (χ1) is 8.20. The van der Waals surface area contributed by atoms with Gasteiger partial charge in [0, 0.05) is 13.1 Å². The normalized spacial score (nSPS) is 17.2. The first-order valence-corrected chi connectivity index (χ1v) is 5.78. The van der Waals surface area contributed by atoms with Crippen LogP contribution in [0.3, 0.4) is 0 Å². The van der Waals surface area contributed by atoms with Crippen LogP contribution in [-0.2, 0) is 11.3 Å². The van der Waals surface area contributed by atoms with Crippen molar-refractivity contribution in [1.29, 1.82) is 0 Å². The maximum atomic E-state index is 12.0. The van der Waals surface area contributed by atoms with Crippen LogP contribution < -0.4 is 11.1 Å². The fourth-order valence-corrected chi connectivity index (χ4v) is 1.85. The van der Waals surface area contributed by atoms with E-state index in [4.69, 9.17) is 10.2 Å². The Morgan fingerprint density at radius 2 is 2.24 bits per heavy atom. The van der Waals surface area contributed by atoms with Crippen molar-refractivity contribution in [1.82, 2.24) is 15.1 Å². The number of aromatic nitrogens is 2. The third kappa shape index (κ3) is 2.73. The molecule has 1 amide bonds. The van der Waals surface area contributed by atoms with E-state index in [-0.39, 0.29) is 24.5 Å². The molecule has 0 spiro atoms. The zero-order valence-corrected chi connectivity index (χ0v) is 9.85. The van der Waals surface area contributed by atoms with Crippen molar-refractivity contribution >= 4 is 11.9 Å². The molecule has 1 aromatic rings. The number of hydrogen-bond donors (Lipinski definition) is 2. The quantitative estimate of drug-likeness (QED) is 0.764. The van der Waals surface area contributed by atoms with Crippen molar-refractivity contribution in [2.24, 2.45) is 5.73 Å². The zero-order chi connectivity index (χ0) is 12.3. The lowest BCUT2D eigenvalue weighted by atomic mass is 10.3. The molecule has 2 rings (SSSR count). The molecule has 3 N–H and O–H groups in total. The Morgan fingerprint density at radius 1 is 1.53 bits per heavy atom. The monoisotopic (exact) mass is 239 g/mol. The number of rotatable bonds is 4. The molecular formula is C10H17N5O2. The van der Waals surface area contributed by atoms with Gasteiger partial charge in [-0.15, -0.1) is 5.10 Å². The third-order valence-electron chi connectivity index (χ3n) is 2.77. The highest BCUT2D eigenvalue weighted by Gasteiger charge is 2.24. The van der Waals surface area contributed by atoms with Crippen molar-refractivity contribution in [2.75, 3.05) is 18.4 Å². The van der Waals surface area contributed by atoms with Crippen molar-refractivity contribution in [2.45, 2.75) is 32.4 Å². The van der Waals surface area contributed by atoms with Gasteiger partial charge in [-0.25, -0.2) is 0 Å². The Balaban J connectivity index is 1.91. The standard InChI is InChI=1S/C10H17N5O2/c1-7(9(16)15-4-2-3-5-15)12-10-14-13-8(6-11)17-10/h7H,2-6,11H2,1H3,(H,12,14). The molecule has 0 radical (unpaired) electrons. The summed E-state index contributed by atoms with van der Waals surface area (Å²) in [5, 5.41) is 10.4. The molecule has 1 saturated heterocycles. The Kier molecular flexibility index (Phi) is 3.58. The van der Waals surface area contributed by atoms with Crippen LogP contribution in [0.25, 0.3) is 0 Å². The molecule has 1 unspecified atom stereocenters. The van der Waals surface area contributed by atoms with Crippen LogP contribution in [0.4, 0.5) is 6.01 Å². The molecular weight excluding hydrogens is 222 g/mol. The summed E-state index contributed by atoms with van der Waals surface area (Å²) in [6, 6.07) is -0.121. The molecule has 7 nitrogen and oxygen atoms in total. The number of hydrogen-bond acceptors (Lipinski definition) is 6. The SMILES string of the molecule is CC(Nc1nnc(CN)o1)C(=O)N1CCCC1. The lowest BCUT2D eigenvalue weighted by Crippen LogP contribution is -2.39. The minimum atomic E-state index is -0.362. The summed E-state index contributed by atoms with van der Waals surface area (Å²) in [4.78, 5) is 13.8. The fraction of sp³-hybridized carbons (Fsp3) is 0.700. The second-order valence-corrected chi connectivity index (χ2v) is 4.10. The summed E-state index contributed by atoms with van der Waals surface area (Å²) < 4.78 is 5.19. The Morgan fingerprint density at radius 3 is 2.82 bits per heavy atom. The van der Waals surface area contributed by atoms with Gasteiger partial charge in [0.1, 0.15) is 6.04 Å². The number of amides is 1. The first kappa shape index (κ1) is 11.8. The number of nitrogens with zero attached hydrogens (tertiary/aromatic N) is 3. The van der Waals surface area contributed by atoms with E-state index in [1.54, 1.807) is 6.92 Å². The Bertz CT molecular complexity index is 386. The number of likely N-dealkylation sites (tertiary alicyclic amines) is 1. The van der Waals surface area contributed by atoms with Crippen molar-refractivity contribution in [3.8, 4) is 0 Å². The second-order valence-electron chi connectivity index (χ2n) is 4.10. The summed E-state index contributed by atoms with van der Waals surface area (Å²) in [6.45, 7) is 3.65. The van der Waals surface area contributed by atoms with Crippen LogP contribution in [0.5, 0.6) is 0 Å². The zero-order valence-electron chi connectivity index (χ0n) is 9.85. The van der Waals surface area contributed by atoms with E-state index in [0.29, 0.717) is 5.89 Å². The van der Waals surface area contributed by atoms with Crippen LogP contribution >= 0.6 is 0 Å². The Labute approximate surface area is 99.4 Å². The predicted octanol–water partition coefficient (Wildman–Crippen LogP) is -0.0489. The molecule has 1 aromatic heterocycles. The molecule has 0 bridgehead atoms. The maximum absolute atomic E-state index is 12.0. The average Bonchev–Trinajstić information content (AvgIpc) is 2.98. The van der Waals surface area contributed by atoms with Gasteiger partial charge >= 0.3 is 6.01 Å². The lowest BCUT2D eigenvalue weighted by Gasteiger charge is -2.20. The van der Waals surface area contributed by atoms with E-state index in [1.165, 1.54) is 0 Å². The van der Waals surface area contributed by atoms with Gasteiger partial charge in [0.2, 0.25) is 11.8 Å². The molecule has 1 aliphatic rings. The van der Waals surface area contributed by atoms with E-state index in [9.17, 15) is 4.79 Å². The van der Waals surface area contributed by atoms with Crippen LogP contribution in [-0.4, -0.2) is 40.1 Å². The summed E-state index contributed by atoms with van der Waals surface area (Å²) in [7, 11) is 0. The fourth-order valence-electron chi connectivity index (χ4n) is 1.85. The molecule has 1 aliphatic heterocycles. The van der Waals surface area contributed by atoms with Gasteiger partial charge in [-0.3, -0.25) is 4.79 Å². The predicted molar refractivity (Wildman–Crippen MR) is 61.1 cm³/mol. The number of nitrogens with one attached hydrogen (secondary N) is 1. The van der Waals surface area contributed by atoms with Crippen LogP contribution in [0.15, 0.2) is 4.42 Å². The summed E-state index contributed by atoms with van der Waals surface area (Å²) in [5.41, 5.74) is 5.35. The largest absolute Gasteiger partial charge is 0.407 e. The highest BCUT2D eigenvalue weighted by atomic mass is 16.4. The van der Waals surface area contributed by atoms with Crippen LogP contribution in [0.1, 0.15) is 25.7 Å². The van der Waals surface area contributed by atoms with Crippen LogP contribution in [0.2, 0.25) is 0 Å². The van der Waals surface area contributed by atoms with Gasteiger partial charge in [-0.2, -0.15) is 0 Å². The number of carbonyl (C=O) groups excluding carboxylic acids is 1. The van der Waals surface area contributed by atoms with E-state index < -0.39 is 0 Å². The van der Waals surface area contributed by atoms with Gasteiger partial charge in [-0.1, -0.05) is 5.10 Å². The smallest absolute Gasteiger partial charge is 0.316 e. The third-order valence-corrected chi connectivity index (χ3v) is 2.77. The molecule has 94 valence electrons.